The second-order valence-corrected chi connectivity index (χ2v) is 7.75. The topological polar surface area (TPSA) is 40.9 Å². The van der Waals surface area contributed by atoms with E-state index in [9.17, 15) is 4.79 Å². The number of hydrogen-bond acceptors (Lipinski definition) is 1. The summed E-state index contributed by atoms with van der Waals surface area (Å²) < 4.78 is 0. The summed E-state index contributed by atoms with van der Waals surface area (Å²) in [6.45, 7) is 0. The van der Waals surface area contributed by atoms with Gasteiger partial charge in [-0.1, -0.05) is 19.3 Å². The van der Waals surface area contributed by atoms with Crippen molar-refractivity contribution in [2.75, 3.05) is 0 Å². The van der Waals surface area contributed by atoms with Crippen LogP contribution in [0.5, 0.6) is 0 Å². The largest absolute Gasteiger partial charge is 0.273 e. The van der Waals surface area contributed by atoms with E-state index in [1.54, 1.807) is 19.3 Å². The van der Waals surface area contributed by atoms with Crippen molar-refractivity contribution < 1.29 is 4.79 Å². The third-order valence-corrected chi connectivity index (χ3v) is 6.03. The molecule has 4 fully saturated rings. The average molecular weight is 299 g/mol. The van der Waals surface area contributed by atoms with Crippen LogP contribution in [-0.2, 0) is 4.79 Å². The van der Waals surface area contributed by atoms with Crippen LogP contribution in [0.1, 0.15) is 77.0 Å². The van der Waals surface area contributed by atoms with Crippen LogP contribution in [-0.4, -0.2) is 5.91 Å². The van der Waals surface area contributed by atoms with Crippen molar-refractivity contribution in [3.63, 3.8) is 0 Å². The molecule has 20 heavy (non-hydrogen) atoms. The van der Waals surface area contributed by atoms with E-state index in [0.717, 1.165) is 36.0 Å². The van der Waals surface area contributed by atoms with Gasteiger partial charge in [-0.15, -0.1) is 12.4 Å². The van der Waals surface area contributed by atoms with Crippen molar-refractivity contribution in [3.05, 3.63) is 0 Å². The maximum Gasteiger partial charge on any atom is 0.238 e. The van der Waals surface area contributed by atoms with Crippen molar-refractivity contribution in [1.29, 1.82) is 0 Å². The van der Waals surface area contributed by atoms with Gasteiger partial charge in [0.15, 0.2) is 0 Å². The van der Waals surface area contributed by atoms with E-state index in [1.165, 1.54) is 38.5 Å². The van der Waals surface area contributed by atoms with Gasteiger partial charge in [0.1, 0.15) is 0 Å². The normalized spacial score (nSPS) is 37.7. The summed E-state index contributed by atoms with van der Waals surface area (Å²) in [6.07, 6.45) is 15.9. The Morgan fingerprint density at radius 1 is 0.900 bits per heavy atom. The average Bonchev–Trinajstić information content (AvgIpc) is 2.31. The first-order chi connectivity index (χ1) is 9.15. The van der Waals surface area contributed by atoms with E-state index in [-0.39, 0.29) is 18.3 Å². The highest BCUT2D eigenvalue weighted by atomic mass is 35.5. The Morgan fingerprint density at radius 3 is 1.90 bits per heavy atom. The fraction of sp³-hybridized carbons (Fsp3) is 0.941. The van der Waals surface area contributed by atoms with Crippen LogP contribution in [0, 0.1) is 23.2 Å². The molecule has 1 N–H and O–H groups in total. The summed E-state index contributed by atoms with van der Waals surface area (Å²) in [7, 11) is 0. The van der Waals surface area contributed by atoms with Gasteiger partial charge in [-0.3, -0.25) is 10.5 Å². The lowest BCUT2D eigenvalue weighted by molar-refractivity contribution is -0.118. The molecule has 0 unspecified atom stereocenters. The minimum absolute atomic E-state index is 0. The SMILES string of the molecule is Cl.[NH]C(=O)CCCCCCC12CC3CC(CC(C3)C1)C2. The molecule has 115 valence electrons. The van der Waals surface area contributed by atoms with Gasteiger partial charge in [0.25, 0.3) is 0 Å². The highest BCUT2D eigenvalue weighted by Gasteiger charge is 2.50. The zero-order valence-corrected chi connectivity index (χ0v) is 13.4. The van der Waals surface area contributed by atoms with E-state index in [0.29, 0.717) is 6.42 Å². The molecule has 4 aliphatic carbocycles. The minimum atomic E-state index is -0.388. The molecule has 1 amide bonds. The van der Waals surface area contributed by atoms with E-state index in [1.807, 2.05) is 0 Å². The quantitative estimate of drug-likeness (QED) is 0.624. The van der Waals surface area contributed by atoms with Crippen LogP contribution < -0.4 is 5.73 Å². The van der Waals surface area contributed by atoms with Crippen LogP contribution >= 0.6 is 12.4 Å². The number of carbonyl (C=O) groups excluding carboxylic acids is 1. The zero-order valence-electron chi connectivity index (χ0n) is 12.5. The third kappa shape index (κ3) is 3.69. The van der Waals surface area contributed by atoms with Crippen LogP contribution in [0.25, 0.3) is 0 Å². The number of hydrogen-bond donors (Lipinski definition) is 0. The number of carbonyl (C=O) groups is 1. The van der Waals surface area contributed by atoms with Gasteiger partial charge in [0.2, 0.25) is 5.91 Å². The van der Waals surface area contributed by atoms with E-state index >= 15 is 0 Å². The molecule has 4 rings (SSSR count). The second-order valence-electron chi connectivity index (χ2n) is 7.75. The third-order valence-electron chi connectivity index (χ3n) is 6.03. The molecule has 4 bridgehead atoms. The lowest BCUT2D eigenvalue weighted by Gasteiger charge is -2.57. The van der Waals surface area contributed by atoms with Gasteiger partial charge < -0.3 is 0 Å². The van der Waals surface area contributed by atoms with Crippen LogP contribution in [0.2, 0.25) is 0 Å². The molecule has 4 saturated carbocycles. The molecular weight excluding hydrogens is 270 g/mol. The Morgan fingerprint density at radius 2 is 1.40 bits per heavy atom. The van der Waals surface area contributed by atoms with E-state index in [2.05, 4.69) is 0 Å². The molecule has 0 aromatic rings. The van der Waals surface area contributed by atoms with E-state index < -0.39 is 0 Å². The number of nitrogens with one attached hydrogen (secondary N) is 1. The zero-order chi connectivity index (χ0) is 13.3. The maximum absolute atomic E-state index is 10.6. The predicted octanol–water partition coefficient (Wildman–Crippen LogP) is 4.77. The van der Waals surface area contributed by atoms with Crippen molar-refractivity contribution in [2.45, 2.75) is 77.0 Å². The molecule has 0 aromatic heterocycles. The van der Waals surface area contributed by atoms with Gasteiger partial charge in [0, 0.05) is 6.42 Å². The first-order valence-electron chi connectivity index (χ1n) is 8.40. The van der Waals surface area contributed by atoms with Crippen LogP contribution in [0.4, 0.5) is 0 Å². The first-order valence-corrected chi connectivity index (χ1v) is 8.40. The Hall–Kier alpha value is -0.240. The van der Waals surface area contributed by atoms with Crippen molar-refractivity contribution in [2.24, 2.45) is 23.2 Å². The summed E-state index contributed by atoms with van der Waals surface area (Å²) in [5.41, 5.74) is 7.63. The van der Waals surface area contributed by atoms with Gasteiger partial charge in [-0.2, -0.15) is 0 Å². The second kappa shape index (κ2) is 6.68. The van der Waals surface area contributed by atoms with Gasteiger partial charge in [-0.05, 0) is 74.5 Å². The Labute approximate surface area is 129 Å². The highest BCUT2D eigenvalue weighted by Crippen LogP contribution is 2.61. The van der Waals surface area contributed by atoms with Crippen LogP contribution in [0.15, 0.2) is 0 Å². The summed E-state index contributed by atoms with van der Waals surface area (Å²) in [4.78, 5) is 10.6. The number of unbranched alkanes of at least 4 members (excludes halogenated alkanes) is 3. The summed E-state index contributed by atoms with van der Waals surface area (Å²) in [5, 5.41) is 0. The molecule has 0 aromatic carbocycles. The van der Waals surface area contributed by atoms with Crippen molar-refractivity contribution in [3.8, 4) is 0 Å². The maximum atomic E-state index is 10.6. The fourth-order valence-corrected chi connectivity index (χ4v) is 5.74. The summed E-state index contributed by atoms with van der Waals surface area (Å²) >= 11 is 0. The van der Waals surface area contributed by atoms with Crippen molar-refractivity contribution in [1.82, 2.24) is 5.73 Å². The fourth-order valence-electron chi connectivity index (χ4n) is 5.74. The molecule has 0 saturated heterocycles. The lowest BCUT2D eigenvalue weighted by atomic mass is 9.48. The van der Waals surface area contributed by atoms with Gasteiger partial charge >= 0.3 is 0 Å². The molecular formula is C17H29ClNO. The molecule has 0 aliphatic heterocycles. The Bertz CT molecular complexity index is 307. The minimum Gasteiger partial charge on any atom is -0.273 e. The first kappa shape index (κ1) is 16.1. The molecule has 0 atom stereocenters. The molecule has 3 heteroatoms. The number of amides is 1. The molecule has 1 radical (unpaired) electrons. The van der Waals surface area contributed by atoms with Crippen LogP contribution in [0.3, 0.4) is 0 Å². The standard InChI is InChI=1S/C17H28NO.ClH/c18-16(19)5-3-1-2-4-6-17-10-13-7-14(11-17)9-15(8-13)12-17;/h13-15,18H,1-12H2;1H. The Kier molecular flexibility index (Phi) is 5.39. The molecule has 0 spiro atoms. The highest BCUT2D eigenvalue weighted by molar-refractivity contribution is 5.85. The van der Waals surface area contributed by atoms with Gasteiger partial charge in [0.05, 0.1) is 0 Å². The molecule has 0 heterocycles. The predicted molar refractivity (Wildman–Crippen MR) is 83.7 cm³/mol. The molecule has 2 nitrogen and oxygen atoms in total. The van der Waals surface area contributed by atoms with Crippen molar-refractivity contribution >= 4 is 18.3 Å². The molecule has 4 aliphatic rings. The number of halogens is 1. The lowest BCUT2D eigenvalue weighted by Crippen LogP contribution is -2.45. The summed E-state index contributed by atoms with van der Waals surface area (Å²) in [5.74, 6) is 2.84. The number of rotatable bonds is 7. The van der Waals surface area contributed by atoms with E-state index in [4.69, 9.17) is 5.73 Å². The van der Waals surface area contributed by atoms with Gasteiger partial charge in [-0.25, -0.2) is 0 Å². The summed E-state index contributed by atoms with van der Waals surface area (Å²) in [6, 6.07) is 0. The monoisotopic (exact) mass is 298 g/mol. The Balaban J connectivity index is 0.00000147. The smallest absolute Gasteiger partial charge is 0.238 e.